The van der Waals surface area contributed by atoms with Crippen LogP contribution in [-0.4, -0.2) is 28.9 Å². The standard InChI is InChI=1S/C15H12F3NO4S/c16-15(17,18)11-7-8(5-6-19-11)12(20)14-13(21)9-3-1-2-4-10(9)24(14,22)23/h1-7,12-14,20-21H. The van der Waals surface area contributed by atoms with Gasteiger partial charge in [-0.3, -0.25) is 4.98 Å². The van der Waals surface area contributed by atoms with Gasteiger partial charge in [-0.15, -0.1) is 0 Å². The van der Waals surface area contributed by atoms with Crippen LogP contribution in [-0.2, 0) is 16.0 Å². The Morgan fingerprint density at radius 1 is 1.17 bits per heavy atom. The predicted octanol–water partition coefficient (Wildman–Crippen LogP) is 2.02. The fraction of sp³-hybridized carbons (Fsp3) is 0.267. The number of aromatic nitrogens is 1. The first kappa shape index (κ1) is 16.9. The van der Waals surface area contributed by atoms with Gasteiger partial charge in [0.25, 0.3) is 0 Å². The van der Waals surface area contributed by atoms with E-state index in [1.54, 1.807) is 0 Å². The van der Waals surface area contributed by atoms with Crippen LogP contribution >= 0.6 is 0 Å². The van der Waals surface area contributed by atoms with Gasteiger partial charge in [0, 0.05) is 11.8 Å². The Balaban J connectivity index is 2.05. The molecule has 24 heavy (non-hydrogen) atoms. The van der Waals surface area contributed by atoms with Crippen LogP contribution in [0.2, 0.25) is 0 Å². The molecule has 128 valence electrons. The Labute approximate surface area is 135 Å². The van der Waals surface area contributed by atoms with Gasteiger partial charge in [0.15, 0.2) is 9.84 Å². The monoisotopic (exact) mass is 359 g/mol. The number of pyridine rings is 1. The maximum Gasteiger partial charge on any atom is 0.433 e. The second-order valence-corrected chi connectivity index (χ2v) is 7.48. The van der Waals surface area contributed by atoms with Gasteiger partial charge in [-0.25, -0.2) is 8.42 Å². The predicted molar refractivity (Wildman–Crippen MR) is 76.6 cm³/mol. The highest BCUT2D eigenvalue weighted by Gasteiger charge is 2.48. The largest absolute Gasteiger partial charge is 0.433 e. The van der Waals surface area contributed by atoms with Gasteiger partial charge in [-0.1, -0.05) is 18.2 Å². The summed E-state index contributed by atoms with van der Waals surface area (Å²) in [5.74, 6) is 0. The molecule has 2 heterocycles. The third-order valence-electron chi connectivity index (χ3n) is 3.94. The van der Waals surface area contributed by atoms with Gasteiger partial charge in [-0.05, 0) is 23.8 Å². The van der Waals surface area contributed by atoms with Crippen molar-refractivity contribution in [1.82, 2.24) is 4.98 Å². The molecule has 3 rings (SSSR count). The Bertz CT molecular complexity index is 882. The molecular formula is C15H12F3NO4S. The number of aliphatic hydroxyl groups is 2. The molecule has 0 fully saturated rings. The first-order valence-corrected chi connectivity index (χ1v) is 8.41. The summed E-state index contributed by atoms with van der Waals surface area (Å²) in [5.41, 5.74) is -1.41. The lowest BCUT2D eigenvalue weighted by atomic mass is 9.99. The first-order valence-electron chi connectivity index (χ1n) is 6.86. The topological polar surface area (TPSA) is 87.5 Å². The third kappa shape index (κ3) is 2.58. The van der Waals surface area contributed by atoms with Crippen molar-refractivity contribution in [3.63, 3.8) is 0 Å². The Morgan fingerprint density at radius 3 is 2.46 bits per heavy atom. The number of hydrogen-bond donors (Lipinski definition) is 2. The Hall–Kier alpha value is -1.97. The quantitative estimate of drug-likeness (QED) is 0.857. The van der Waals surface area contributed by atoms with Crippen LogP contribution in [0.1, 0.15) is 29.0 Å². The zero-order valence-electron chi connectivity index (χ0n) is 12.0. The average Bonchev–Trinajstić information content (AvgIpc) is 2.73. The van der Waals surface area contributed by atoms with E-state index in [2.05, 4.69) is 4.98 Å². The fourth-order valence-electron chi connectivity index (χ4n) is 2.80. The van der Waals surface area contributed by atoms with E-state index in [0.29, 0.717) is 6.07 Å². The minimum Gasteiger partial charge on any atom is -0.387 e. The second-order valence-electron chi connectivity index (χ2n) is 5.41. The number of sulfone groups is 1. The van der Waals surface area contributed by atoms with Crippen LogP contribution in [0.25, 0.3) is 0 Å². The Morgan fingerprint density at radius 2 is 1.83 bits per heavy atom. The van der Waals surface area contributed by atoms with E-state index in [9.17, 15) is 31.8 Å². The molecule has 0 radical (unpaired) electrons. The smallest absolute Gasteiger partial charge is 0.387 e. The van der Waals surface area contributed by atoms with Crippen molar-refractivity contribution in [1.29, 1.82) is 0 Å². The van der Waals surface area contributed by atoms with E-state index in [1.165, 1.54) is 24.3 Å². The van der Waals surface area contributed by atoms with Gasteiger partial charge in [-0.2, -0.15) is 13.2 Å². The maximum atomic E-state index is 12.7. The number of fused-ring (bicyclic) bond motifs is 1. The molecule has 0 amide bonds. The summed E-state index contributed by atoms with van der Waals surface area (Å²) < 4.78 is 63.3. The van der Waals surface area contributed by atoms with E-state index >= 15 is 0 Å². The minimum atomic E-state index is -4.73. The zero-order valence-corrected chi connectivity index (χ0v) is 12.8. The highest BCUT2D eigenvalue weighted by Crippen LogP contribution is 2.44. The summed E-state index contributed by atoms with van der Waals surface area (Å²) >= 11 is 0. The number of aliphatic hydroxyl groups excluding tert-OH is 2. The first-order chi connectivity index (χ1) is 11.1. The third-order valence-corrected chi connectivity index (χ3v) is 6.16. The molecule has 0 saturated carbocycles. The zero-order chi connectivity index (χ0) is 17.7. The lowest BCUT2D eigenvalue weighted by Gasteiger charge is -2.21. The molecule has 0 aliphatic carbocycles. The number of rotatable bonds is 2. The van der Waals surface area contributed by atoms with Gasteiger partial charge in [0.05, 0.1) is 11.0 Å². The van der Waals surface area contributed by atoms with Crippen LogP contribution in [0.4, 0.5) is 13.2 Å². The lowest BCUT2D eigenvalue weighted by Crippen LogP contribution is -2.29. The number of benzene rings is 1. The summed E-state index contributed by atoms with van der Waals surface area (Å²) in [6.45, 7) is 0. The summed E-state index contributed by atoms with van der Waals surface area (Å²) in [6, 6.07) is 7.35. The van der Waals surface area contributed by atoms with Crippen molar-refractivity contribution < 1.29 is 31.8 Å². The van der Waals surface area contributed by atoms with Crippen molar-refractivity contribution in [2.45, 2.75) is 28.5 Å². The van der Waals surface area contributed by atoms with Crippen molar-refractivity contribution in [2.24, 2.45) is 0 Å². The highest BCUT2D eigenvalue weighted by atomic mass is 32.2. The molecule has 1 aliphatic heterocycles. The van der Waals surface area contributed by atoms with Gasteiger partial charge < -0.3 is 10.2 Å². The molecule has 3 atom stereocenters. The minimum absolute atomic E-state index is 0.117. The van der Waals surface area contributed by atoms with Crippen molar-refractivity contribution in [2.75, 3.05) is 0 Å². The summed E-state index contributed by atoms with van der Waals surface area (Å²) in [7, 11) is -4.09. The lowest BCUT2D eigenvalue weighted by molar-refractivity contribution is -0.141. The molecule has 0 spiro atoms. The van der Waals surface area contributed by atoms with E-state index < -0.39 is 39.2 Å². The van der Waals surface area contributed by atoms with Crippen molar-refractivity contribution >= 4 is 9.84 Å². The van der Waals surface area contributed by atoms with Crippen LogP contribution in [0.5, 0.6) is 0 Å². The molecule has 5 nitrogen and oxygen atoms in total. The summed E-state index contributed by atoms with van der Waals surface area (Å²) in [6.07, 6.45) is -7.26. The fourth-order valence-corrected chi connectivity index (χ4v) is 4.86. The summed E-state index contributed by atoms with van der Waals surface area (Å²) in [5, 5.41) is 18.9. The van der Waals surface area contributed by atoms with E-state index in [-0.39, 0.29) is 16.0 Å². The van der Waals surface area contributed by atoms with E-state index in [0.717, 1.165) is 12.3 Å². The molecule has 0 bridgehead atoms. The number of alkyl halides is 3. The average molecular weight is 359 g/mol. The highest BCUT2D eigenvalue weighted by molar-refractivity contribution is 7.92. The molecule has 1 aliphatic rings. The summed E-state index contributed by atoms with van der Waals surface area (Å²) in [4.78, 5) is 3.03. The second kappa shape index (κ2) is 5.54. The molecule has 9 heteroatoms. The van der Waals surface area contributed by atoms with Crippen LogP contribution in [0.15, 0.2) is 47.5 Å². The molecule has 3 unspecified atom stereocenters. The van der Waals surface area contributed by atoms with Gasteiger partial charge in [0.1, 0.15) is 17.0 Å². The van der Waals surface area contributed by atoms with Crippen LogP contribution in [0, 0.1) is 0 Å². The van der Waals surface area contributed by atoms with Crippen LogP contribution in [0.3, 0.4) is 0 Å². The van der Waals surface area contributed by atoms with Crippen LogP contribution < -0.4 is 0 Å². The molecule has 2 N–H and O–H groups in total. The molecule has 0 saturated heterocycles. The number of hydrogen-bond acceptors (Lipinski definition) is 5. The van der Waals surface area contributed by atoms with Crippen molar-refractivity contribution in [3.05, 3.63) is 59.4 Å². The van der Waals surface area contributed by atoms with E-state index in [1.807, 2.05) is 0 Å². The molecular weight excluding hydrogens is 347 g/mol. The van der Waals surface area contributed by atoms with Gasteiger partial charge in [0.2, 0.25) is 0 Å². The SMILES string of the molecule is O=S1(=O)c2ccccc2C(O)C1C(O)c1ccnc(C(F)(F)F)c1. The van der Waals surface area contributed by atoms with Gasteiger partial charge >= 0.3 is 6.18 Å². The number of nitrogens with zero attached hydrogens (tertiary/aromatic N) is 1. The molecule has 1 aromatic heterocycles. The Kier molecular flexibility index (Phi) is 3.89. The maximum absolute atomic E-state index is 12.7. The van der Waals surface area contributed by atoms with Crippen molar-refractivity contribution in [3.8, 4) is 0 Å². The van der Waals surface area contributed by atoms with E-state index in [4.69, 9.17) is 0 Å². The normalized spacial score (nSPS) is 23.7. The molecule has 2 aromatic rings. The number of halogens is 3. The molecule has 1 aromatic carbocycles.